The minimum absolute atomic E-state index is 0.112. The molecule has 1 aliphatic heterocycles. The lowest BCUT2D eigenvalue weighted by molar-refractivity contribution is -0.121. The molecule has 2 rings (SSSR count). The highest BCUT2D eigenvalue weighted by Gasteiger charge is 2.45. The molecule has 0 aromatic carbocycles. The van der Waals surface area contributed by atoms with E-state index in [4.69, 9.17) is 10.5 Å². The van der Waals surface area contributed by atoms with E-state index in [-0.39, 0.29) is 12.3 Å². The second-order valence-electron chi connectivity index (χ2n) is 5.42. The number of hydrogen-bond donors (Lipinski definition) is 1. The molecule has 1 aliphatic rings. The van der Waals surface area contributed by atoms with Crippen LogP contribution in [0.5, 0.6) is 0 Å². The average Bonchev–Trinajstić information content (AvgIpc) is 3.04. The van der Waals surface area contributed by atoms with Crippen LogP contribution in [-0.2, 0) is 16.1 Å². The Hall–Kier alpha value is -1.89. The molecule has 0 bridgehead atoms. The van der Waals surface area contributed by atoms with Crippen molar-refractivity contribution in [3.8, 4) is 0 Å². The van der Waals surface area contributed by atoms with Gasteiger partial charge in [0.15, 0.2) is 0 Å². The summed E-state index contributed by atoms with van der Waals surface area (Å²) in [7, 11) is 1.57. The zero-order chi connectivity index (χ0) is 15.5. The highest BCUT2D eigenvalue weighted by molar-refractivity contribution is 5.93. The van der Waals surface area contributed by atoms with Crippen LogP contribution in [0.25, 0.3) is 0 Å². The number of carbonyl (C=O) groups excluding carboxylic acids is 2. The van der Waals surface area contributed by atoms with Gasteiger partial charge in [0.25, 0.3) is 5.91 Å². The SMILES string of the molecule is CCn1ccc(C(=O)N2CCC[C@@]2(COC)CC(N)=O)n1. The first-order valence-electron chi connectivity index (χ1n) is 7.15. The van der Waals surface area contributed by atoms with Gasteiger partial charge in [0.1, 0.15) is 5.69 Å². The van der Waals surface area contributed by atoms with Gasteiger partial charge in [0.05, 0.1) is 18.6 Å². The second kappa shape index (κ2) is 6.26. The van der Waals surface area contributed by atoms with Crippen molar-refractivity contribution in [2.45, 2.75) is 38.3 Å². The highest BCUT2D eigenvalue weighted by Crippen LogP contribution is 2.33. The van der Waals surface area contributed by atoms with Crippen LogP contribution in [0.3, 0.4) is 0 Å². The number of amides is 2. The van der Waals surface area contributed by atoms with E-state index in [1.807, 2.05) is 6.92 Å². The minimum atomic E-state index is -0.645. The van der Waals surface area contributed by atoms with E-state index in [0.29, 0.717) is 31.8 Å². The van der Waals surface area contributed by atoms with Crippen molar-refractivity contribution >= 4 is 11.8 Å². The first kappa shape index (κ1) is 15.5. The number of nitrogens with two attached hydrogens (primary N) is 1. The number of rotatable bonds is 6. The topological polar surface area (TPSA) is 90.5 Å². The lowest BCUT2D eigenvalue weighted by atomic mass is 9.92. The fourth-order valence-corrected chi connectivity index (χ4v) is 3.02. The molecular weight excluding hydrogens is 272 g/mol. The number of aromatic nitrogens is 2. The third-order valence-electron chi connectivity index (χ3n) is 3.94. The van der Waals surface area contributed by atoms with Gasteiger partial charge in [-0.15, -0.1) is 0 Å². The molecule has 7 heteroatoms. The van der Waals surface area contributed by atoms with E-state index in [9.17, 15) is 9.59 Å². The summed E-state index contributed by atoms with van der Waals surface area (Å²) in [6.07, 6.45) is 3.43. The van der Waals surface area contributed by atoms with E-state index >= 15 is 0 Å². The maximum Gasteiger partial charge on any atom is 0.274 e. The third kappa shape index (κ3) is 3.07. The zero-order valence-electron chi connectivity index (χ0n) is 12.5. The molecule has 1 aromatic rings. The van der Waals surface area contributed by atoms with Crippen LogP contribution in [0.4, 0.5) is 0 Å². The van der Waals surface area contributed by atoms with Crippen LogP contribution in [0.15, 0.2) is 12.3 Å². The molecule has 21 heavy (non-hydrogen) atoms. The highest BCUT2D eigenvalue weighted by atomic mass is 16.5. The van der Waals surface area contributed by atoms with Gasteiger partial charge in [-0.2, -0.15) is 5.10 Å². The lowest BCUT2D eigenvalue weighted by Crippen LogP contribution is -2.52. The average molecular weight is 294 g/mol. The van der Waals surface area contributed by atoms with Gasteiger partial charge in [-0.1, -0.05) is 0 Å². The van der Waals surface area contributed by atoms with Gasteiger partial charge in [0, 0.05) is 26.4 Å². The predicted molar refractivity (Wildman–Crippen MR) is 76.6 cm³/mol. The van der Waals surface area contributed by atoms with Crippen molar-refractivity contribution < 1.29 is 14.3 Å². The fourth-order valence-electron chi connectivity index (χ4n) is 3.02. The fraction of sp³-hybridized carbons (Fsp3) is 0.643. The summed E-state index contributed by atoms with van der Waals surface area (Å²) < 4.78 is 6.95. The molecule has 2 N–H and O–H groups in total. The van der Waals surface area contributed by atoms with Crippen LogP contribution < -0.4 is 5.73 Å². The monoisotopic (exact) mass is 294 g/mol. The van der Waals surface area contributed by atoms with Gasteiger partial charge < -0.3 is 15.4 Å². The molecule has 1 saturated heterocycles. The molecule has 2 heterocycles. The second-order valence-corrected chi connectivity index (χ2v) is 5.42. The molecule has 116 valence electrons. The molecular formula is C14H22N4O3. The number of methoxy groups -OCH3 is 1. The summed E-state index contributed by atoms with van der Waals surface area (Å²) in [5, 5.41) is 4.25. The lowest BCUT2D eigenvalue weighted by Gasteiger charge is -2.36. The molecule has 0 unspecified atom stereocenters. The summed E-state index contributed by atoms with van der Waals surface area (Å²) in [4.78, 5) is 25.8. The molecule has 1 atom stereocenters. The number of aryl methyl sites for hydroxylation is 1. The Bertz CT molecular complexity index is 528. The summed E-state index contributed by atoms with van der Waals surface area (Å²) in [6, 6.07) is 1.70. The quantitative estimate of drug-likeness (QED) is 0.822. The summed E-state index contributed by atoms with van der Waals surface area (Å²) >= 11 is 0. The largest absolute Gasteiger partial charge is 0.382 e. The zero-order valence-corrected chi connectivity index (χ0v) is 12.5. The first-order chi connectivity index (χ1) is 10.0. The Balaban J connectivity index is 2.26. The minimum Gasteiger partial charge on any atom is -0.382 e. The molecule has 0 spiro atoms. The number of ether oxygens (including phenoxy) is 1. The van der Waals surface area contributed by atoms with Crippen molar-refractivity contribution in [2.24, 2.45) is 5.73 Å². The van der Waals surface area contributed by atoms with E-state index in [1.54, 1.807) is 29.0 Å². The smallest absolute Gasteiger partial charge is 0.274 e. The van der Waals surface area contributed by atoms with E-state index in [1.165, 1.54) is 0 Å². The van der Waals surface area contributed by atoms with Gasteiger partial charge in [-0.3, -0.25) is 14.3 Å². The number of carbonyl (C=O) groups is 2. The first-order valence-corrected chi connectivity index (χ1v) is 7.15. The third-order valence-corrected chi connectivity index (χ3v) is 3.94. The maximum absolute atomic E-state index is 12.7. The molecule has 0 aliphatic carbocycles. The summed E-state index contributed by atoms with van der Waals surface area (Å²) in [5.74, 6) is -0.594. The molecule has 1 aromatic heterocycles. The number of primary amides is 1. The van der Waals surface area contributed by atoms with Crippen LogP contribution in [0.1, 0.15) is 36.7 Å². The van der Waals surface area contributed by atoms with Crippen molar-refractivity contribution in [1.82, 2.24) is 14.7 Å². The van der Waals surface area contributed by atoms with Crippen LogP contribution >= 0.6 is 0 Å². The Kier molecular flexibility index (Phi) is 4.62. The summed E-state index contributed by atoms with van der Waals surface area (Å²) in [5.41, 5.74) is 5.11. The molecule has 0 radical (unpaired) electrons. The van der Waals surface area contributed by atoms with E-state index < -0.39 is 11.4 Å². The molecule has 0 saturated carbocycles. The standard InChI is InChI=1S/C14H22N4O3/c1-3-17-8-5-11(16-17)13(20)18-7-4-6-14(18,10-21-2)9-12(15)19/h5,8H,3-4,6-7,9-10H2,1-2H3,(H2,15,19)/t14-/m0/s1. The molecule has 7 nitrogen and oxygen atoms in total. The van der Waals surface area contributed by atoms with E-state index in [0.717, 1.165) is 6.42 Å². The van der Waals surface area contributed by atoms with Crippen molar-refractivity contribution in [3.05, 3.63) is 18.0 Å². The van der Waals surface area contributed by atoms with Crippen molar-refractivity contribution in [3.63, 3.8) is 0 Å². The Morgan fingerprint density at radius 2 is 2.29 bits per heavy atom. The van der Waals surface area contributed by atoms with Crippen LogP contribution in [-0.4, -0.2) is 52.3 Å². The van der Waals surface area contributed by atoms with Gasteiger partial charge in [-0.05, 0) is 25.8 Å². The summed E-state index contributed by atoms with van der Waals surface area (Å²) in [6.45, 7) is 3.56. The predicted octanol–water partition coefficient (Wildman–Crippen LogP) is 0.400. The molecule has 1 fully saturated rings. The molecule has 2 amide bonds. The Labute approximate surface area is 124 Å². The van der Waals surface area contributed by atoms with Crippen molar-refractivity contribution in [2.75, 3.05) is 20.3 Å². The Morgan fingerprint density at radius 3 is 2.86 bits per heavy atom. The van der Waals surface area contributed by atoms with Crippen LogP contribution in [0.2, 0.25) is 0 Å². The number of nitrogens with zero attached hydrogens (tertiary/aromatic N) is 3. The maximum atomic E-state index is 12.7. The normalized spacial score (nSPS) is 21.7. The van der Waals surface area contributed by atoms with E-state index in [2.05, 4.69) is 5.10 Å². The van der Waals surface area contributed by atoms with Gasteiger partial charge >= 0.3 is 0 Å². The van der Waals surface area contributed by atoms with Gasteiger partial charge in [-0.25, -0.2) is 0 Å². The number of likely N-dealkylation sites (tertiary alicyclic amines) is 1. The van der Waals surface area contributed by atoms with Crippen LogP contribution in [0, 0.1) is 0 Å². The number of hydrogen-bond acceptors (Lipinski definition) is 4. The Morgan fingerprint density at radius 1 is 1.52 bits per heavy atom. The van der Waals surface area contributed by atoms with Crippen molar-refractivity contribution in [1.29, 1.82) is 0 Å². The van der Waals surface area contributed by atoms with Gasteiger partial charge in [0.2, 0.25) is 5.91 Å².